The summed E-state index contributed by atoms with van der Waals surface area (Å²) in [6, 6.07) is 7.49. The highest BCUT2D eigenvalue weighted by Crippen LogP contribution is 2.12. The van der Waals surface area contributed by atoms with Crippen molar-refractivity contribution in [2.45, 2.75) is 19.5 Å². The monoisotopic (exact) mass is 233 g/mol. The van der Waals surface area contributed by atoms with Crippen LogP contribution in [-0.2, 0) is 11.3 Å². The third-order valence-electron chi connectivity index (χ3n) is 2.53. The Hall–Kier alpha value is -1.88. The van der Waals surface area contributed by atoms with E-state index in [0.29, 0.717) is 0 Å². The summed E-state index contributed by atoms with van der Waals surface area (Å²) in [5.74, 6) is -0.152. The zero-order valence-electron chi connectivity index (χ0n) is 9.63. The van der Waals surface area contributed by atoms with E-state index in [4.69, 9.17) is 5.11 Å². The van der Waals surface area contributed by atoms with Crippen molar-refractivity contribution in [1.82, 2.24) is 15.1 Å². The van der Waals surface area contributed by atoms with Crippen LogP contribution >= 0.6 is 0 Å². The Morgan fingerprint density at radius 1 is 1.53 bits per heavy atom. The number of amides is 1. The smallest absolute Gasteiger partial charge is 0.242 e. The normalized spacial score (nSPS) is 12.6. The third kappa shape index (κ3) is 2.62. The predicted molar refractivity (Wildman–Crippen MR) is 64.4 cm³/mol. The zero-order valence-corrected chi connectivity index (χ0v) is 9.63. The van der Waals surface area contributed by atoms with Crippen LogP contribution in [0.1, 0.15) is 6.92 Å². The Morgan fingerprint density at radius 2 is 2.29 bits per heavy atom. The van der Waals surface area contributed by atoms with Gasteiger partial charge in [0.05, 0.1) is 18.3 Å². The molecule has 2 N–H and O–H groups in total. The van der Waals surface area contributed by atoms with Crippen LogP contribution in [0.4, 0.5) is 0 Å². The van der Waals surface area contributed by atoms with Gasteiger partial charge in [-0.05, 0) is 13.0 Å². The van der Waals surface area contributed by atoms with Crippen LogP contribution in [-0.4, -0.2) is 33.4 Å². The number of nitrogens with one attached hydrogen (secondary N) is 1. The van der Waals surface area contributed by atoms with E-state index >= 15 is 0 Å². The topological polar surface area (TPSA) is 67.2 Å². The fraction of sp³-hybridized carbons (Fsp3) is 0.333. The fourth-order valence-corrected chi connectivity index (χ4v) is 1.65. The van der Waals surface area contributed by atoms with Gasteiger partial charge in [-0.1, -0.05) is 18.2 Å². The molecule has 0 aliphatic carbocycles. The summed E-state index contributed by atoms with van der Waals surface area (Å²) in [7, 11) is 0. The van der Waals surface area contributed by atoms with Crippen LogP contribution in [0.3, 0.4) is 0 Å². The largest absolute Gasteiger partial charge is 0.394 e. The Bertz CT molecular complexity index is 521. The van der Waals surface area contributed by atoms with Gasteiger partial charge in [-0.25, -0.2) is 0 Å². The highest BCUT2D eigenvalue weighted by Gasteiger charge is 2.09. The highest BCUT2D eigenvalue weighted by atomic mass is 16.3. The van der Waals surface area contributed by atoms with Crippen LogP contribution in [0.25, 0.3) is 10.9 Å². The Kier molecular flexibility index (Phi) is 3.39. The van der Waals surface area contributed by atoms with E-state index in [1.165, 1.54) is 0 Å². The summed E-state index contributed by atoms with van der Waals surface area (Å²) in [4.78, 5) is 11.6. The molecule has 0 saturated carbocycles. The third-order valence-corrected chi connectivity index (χ3v) is 2.53. The average Bonchev–Trinajstić information content (AvgIpc) is 2.72. The quantitative estimate of drug-likeness (QED) is 0.809. The number of aromatic nitrogens is 2. The standard InChI is InChI=1S/C12H15N3O2/c1-9(8-16)14-12(17)7-15-11-5-3-2-4-10(11)6-13-15/h2-6,9,16H,7-8H2,1H3,(H,14,17). The number of fused-ring (bicyclic) bond motifs is 1. The Morgan fingerprint density at radius 3 is 3.06 bits per heavy atom. The summed E-state index contributed by atoms with van der Waals surface area (Å²) in [5.41, 5.74) is 0.930. The second-order valence-electron chi connectivity index (χ2n) is 4.01. The number of aliphatic hydroxyl groups is 1. The minimum atomic E-state index is -0.232. The van der Waals surface area contributed by atoms with E-state index in [9.17, 15) is 4.79 Å². The first kappa shape index (κ1) is 11.6. The van der Waals surface area contributed by atoms with E-state index in [-0.39, 0.29) is 25.1 Å². The molecule has 0 fully saturated rings. The number of carbonyl (C=O) groups is 1. The summed E-state index contributed by atoms with van der Waals surface area (Å²) >= 11 is 0. The first-order chi connectivity index (χ1) is 8.20. The van der Waals surface area contributed by atoms with Crippen molar-refractivity contribution in [3.8, 4) is 0 Å². The van der Waals surface area contributed by atoms with Crippen LogP contribution in [0.15, 0.2) is 30.5 Å². The molecular weight excluding hydrogens is 218 g/mol. The number of hydrogen-bond donors (Lipinski definition) is 2. The molecule has 1 unspecified atom stereocenters. The van der Waals surface area contributed by atoms with Crippen molar-refractivity contribution in [2.24, 2.45) is 0 Å². The van der Waals surface area contributed by atoms with E-state index in [0.717, 1.165) is 10.9 Å². The van der Waals surface area contributed by atoms with Crippen molar-refractivity contribution in [3.05, 3.63) is 30.5 Å². The number of para-hydroxylation sites is 1. The molecule has 1 heterocycles. The van der Waals surface area contributed by atoms with Crippen molar-refractivity contribution < 1.29 is 9.90 Å². The first-order valence-electron chi connectivity index (χ1n) is 5.51. The molecule has 2 aromatic rings. The van der Waals surface area contributed by atoms with Crippen molar-refractivity contribution in [3.63, 3.8) is 0 Å². The second kappa shape index (κ2) is 4.97. The number of rotatable bonds is 4. The molecule has 5 nitrogen and oxygen atoms in total. The molecule has 0 aliphatic rings. The molecule has 0 spiro atoms. The summed E-state index contributed by atoms with van der Waals surface area (Å²) in [6.45, 7) is 1.85. The molecule has 1 atom stereocenters. The van der Waals surface area contributed by atoms with E-state index in [1.54, 1.807) is 17.8 Å². The van der Waals surface area contributed by atoms with Crippen molar-refractivity contribution in [1.29, 1.82) is 0 Å². The van der Waals surface area contributed by atoms with E-state index in [1.807, 2.05) is 24.3 Å². The molecule has 0 saturated heterocycles. The number of carbonyl (C=O) groups excluding carboxylic acids is 1. The fourth-order valence-electron chi connectivity index (χ4n) is 1.65. The lowest BCUT2D eigenvalue weighted by molar-refractivity contribution is -0.122. The van der Waals surface area contributed by atoms with Crippen LogP contribution in [0.2, 0.25) is 0 Å². The maximum Gasteiger partial charge on any atom is 0.242 e. The van der Waals surface area contributed by atoms with E-state index < -0.39 is 0 Å². The molecule has 0 radical (unpaired) electrons. The van der Waals surface area contributed by atoms with Gasteiger partial charge in [0.25, 0.3) is 0 Å². The molecule has 17 heavy (non-hydrogen) atoms. The lowest BCUT2D eigenvalue weighted by atomic mass is 10.2. The van der Waals surface area contributed by atoms with Crippen LogP contribution < -0.4 is 5.32 Å². The van der Waals surface area contributed by atoms with Gasteiger partial charge in [0.2, 0.25) is 5.91 Å². The van der Waals surface area contributed by atoms with Gasteiger partial charge < -0.3 is 10.4 Å². The molecule has 90 valence electrons. The Balaban J connectivity index is 2.11. The SMILES string of the molecule is CC(CO)NC(=O)Cn1ncc2ccccc21. The average molecular weight is 233 g/mol. The summed E-state index contributed by atoms with van der Waals surface area (Å²) < 4.78 is 1.65. The number of hydrogen-bond acceptors (Lipinski definition) is 3. The Labute approximate surface area is 99.1 Å². The summed E-state index contributed by atoms with van der Waals surface area (Å²) in [5, 5.41) is 16.7. The minimum Gasteiger partial charge on any atom is -0.394 e. The van der Waals surface area contributed by atoms with Gasteiger partial charge in [0.1, 0.15) is 6.54 Å². The van der Waals surface area contributed by atoms with Gasteiger partial charge in [-0.2, -0.15) is 5.10 Å². The predicted octanol–water partition coefficient (Wildman–Crippen LogP) is 0.533. The molecule has 1 aromatic heterocycles. The van der Waals surface area contributed by atoms with Crippen molar-refractivity contribution >= 4 is 16.8 Å². The number of aliphatic hydroxyl groups excluding tert-OH is 1. The number of nitrogens with zero attached hydrogens (tertiary/aromatic N) is 2. The van der Waals surface area contributed by atoms with Gasteiger partial charge in [-0.3, -0.25) is 9.48 Å². The number of benzene rings is 1. The second-order valence-corrected chi connectivity index (χ2v) is 4.01. The summed E-state index contributed by atoms with van der Waals surface area (Å²) in [6.07, 6.45) is 1.73. The molecule has 5 heteroatoms. The minimum absolute atomic E-state index is 0.0639. The molecule has 2 rings (SSSR count). The van der Waals surface area contributed by atoms with Gasteiger partial charge in [0.15, 0.2) is 0 Å². The zero-order chi connectivity index (χ0) is 12.3. The van der Waals surface area contributed by atoms with Crippen LogP contribution in [0, 0.1) is 0 Å². The van der Waals surface area contributed by atoms with E-state index in [2.05, 4.69) is 10.4 Å². The maximum absolute atomic E-state index is 11.6. The molecule has 1 aromatic carbocycles. The lowest BCUT2D eigenvalue weighted by Gasteiger charge is -2.10. The molecular formula is C12H15N3O2. The van der Waals surface area contributed by atoms with Gasteiger partial charge >= 0.3 is 0 Å². The van der Waals surface area contributed by atoms with Gasteiger partial charge in [0, 0.05) is 11.4 Å². The first-order valence-corrected chi connectivity index (χ1v) is 5.51. The van der Waals surface area contributed by atoms with Gasteiger partial charge in [-0.15, -0.1) is 0 Å². The van der Waals surface area contributed by atoms with Crippen molar-refractivity contribution in [2.75, 3.05) is 6.61 Å². The van der Waals surface area contributed by atoms with Crippen LogP contribution in [0.5, 0.6) is 0 Å². The maximum atomic E-state index is 11.6. The molecule has 1 amide bonds. The molecule has 0 aliphatic heterocycles. The lowest BCUT2D eigenvalue weighted by Crippen LogP contribution is -2.37. The highest BCUT2D eigenvalue weighted by molar-refractivity contribution is 5.82. The molecule has 0 bridgehead atoms.